The Morgan fingerprint density at radius 2 is 2.15 bits per heavy atom. The minimum atomic E-state index is -0.413. The van der Waals surface area contributed by atoms with E-state index in [0.717, 1.165) is 29.8 Å². The summed E-state index contributed by atoms with van der Waals surface area (Å²) in [6, 6.07) is 12.5. The SMILES string of the molecule is COc1ccc2c(c1)-c1nc(N=Cc3cccc([N+](=O)[O-])c3)sc1CC2. The number of nitrogens with zero attached hydrogens (tertiary/aromatic N) is 3. The number of nitro benzene ring substituents is 1. The summed E-state index contributed by atoms with van der Waals surface area (Å²) >= 11 is 1.56. The smallest absolute Gasteiger partial charge is 0.270 e. The number of benzene rings is 2. The third-order valence-corrected chi connectivity index (χ3v) is 5.31. The summed E-state index contributed by atoms with van der Waals surface area (Å²) in [5.41, 5.74) is 4.04. The third kappa shape index (κ3) is 3.09. The van der Waals surface area contributed by atoms with Gasteiger partial charge in [0.1, 0.15) is 5.75 Å². The Morgan fingerprint density at radius 1 is 1.27 bits per heavy atom. The molecule has 1 aromatic heterocycles. The molecule has 0 fully saturated rings. The Morgan fingerprint density at radius 3 is 2.96 bits per heavy atom. The van der Waals surface area contributed by atoms with E-state index in [4.69, 9.17) is 4.74 Å². The van der Waals surface area contributed by atoms with Gasteiger partial charge in [0.25, 0.3) is 5.69 Å². The zero-order valence-corrected chi connectivity index (χ0v) is 14.8. The lowest BCUT2D eigenvalue weighted by molar-refractivity contribution is -0.384. The predicted molar refractivity (Wildman–Crippen MR) is 102 cm³/mol. The summed E-state index contributed by atoms with van der Waals surface area (Å²) in [4.78, 5) is 20.8. The quantitative estimate of drug-likeness (QED) is 0.385. The molecule has 0 saturated carbocycles. The summed E-state index contributed by atoms with van der Waals surface area (Å²) < 4.78 is 5.33. The highest BCUT2D eigenvalue weighted by atomic mass is 32.1. The maximum absolute atomic E-state index is 10.9. The molecule has 0 radical (unpaired) electrons. The Kier molecular flexibility index (Phi) is 4.22. The largest absolute Gasteiger partial charge is 0.497 e. The van der Waals surface area contributed by atoms with Crippen LogP contribution in [0.5, 0.6) is 5.75 Å². The molecule has 1 heterocycles. The zero-order valence-electron chi connectivity index (χ0n) is 14.0. The fourth-order valence-electron chi connectivity index (χ4n) is 2.99. The molecule has 0 saturated heterocycles. The van der Waals surface area contributed by atoms with Crippen molar-refractivity contribution in [3.63, 3.8) is 0 Å². The van der Waals surface area contributed by atoms with Gasteiger partial charge in [0.15, 0.2) is 0 Å². The number of aryl methyl sites for hydroxylation is 2. The maximum atomic E-state index is 10.9. The van der Waals surface area contributed by atoms with Crippen molar-refractivity contribution in [1.82, 2.24) is 4.98 Å². The van der Waals surface area contributed by atoms with Gasteiger partial charge >= 0.3 is 0 Å². The molecule has 0 aliphatic heterocycles. The molecule has 0 atom stereocenters. The van der Waals surface area contributed by atoms with Crippen LogP contribution in [0, 0.1) is 10.1 Å². The Labute approximate surface area is 154 Å². The van der Waals surface area contributed by atoms with E-state index < -0.39 is 4.92 Å². The molecule has 1 aliphatic carbocycles. The molecule has 7 heteroatoms. The highest BCUT2D eigenvalue weighted by molar-refractivity contribution is 7.15. The molecular weight excluding hydrogens is 350 g/mol. The Balaban J connectivity index is 1.65. The number of rotatable bonds is 4. The number of nitro groups is 1. The fourth-order valence-corrected chi connectivity index (χ4v) is 3.91. The molecule has 0 unspecified atom stereocenters. The van der Waals surface area contributed by atoms with Crippen molar-refractivity contribution in [3.8, 4) is 17.0 Å². The Hall–Kier alpha value is -3.06. The number of non-ortho nitro benzene ring substituents is 1. The molecule has 1 aliphatic rings. The number of fused-ring (bicyclic) bond motifs is 3. The van der Waals surface area contributed by atoms with E-state index in [1.165, 1.54) is 22.6 Å². The first-order chi connectivity index (χ1) is 12.6. The van der Waals surface area contributed by atoms with Crippen LogP contribution in [0.1, 0.15) is 16.0 Å². The number of ether oxygens (including phenoxy) is 1. The fraction of sp³-hybridized carbons (Fsp3) is 0.158. The second-order valence-corrected chi connectivity index (χ2v) is 6.96. The molecule has 2 aromatic carbocycles. The summed E-state index contributed by atoms with van der Waals surface area (Å²) in [5, 5.41) is 11.5. The van der Waals surface area contributed by atoms with Crippen molar-refractivity contribution >= 4 is 28.4 Å². The molecule has 6 nitrogen and oxygen atoms in total. The van der Waals surface area contributed by atoms with Gasteiger partial charge in [0, 0.05) is 28.8 Å². The predicted octanol–water partition coefficient (Wildman–Crippen LogP) is 4.58. The average molecular weight is 365 g/mol. The molecular formula is C19H15N3O3S. The summed E-state index contributed by atoms with van der Waals surface area (Å²) in [7, 11) is 1.65. The van der Waals surface area contributed by atoms with Gasteiger partial charge in [-0.05, 0) is 36.1 Å². The molecule has 130 valence electrons. The third-order valence-electron chi connectivity index (χ3n) is 4.28. The first-order valence-electron chi connectivity index (χ1n) is 8.09. The van der Waals surface area contributed by atoms with Crippen molar-refractivity contribution in [2.75, 3.05) is 7.11 Å². The first-order valence-corrected chi connectivity index (χ1v) is 8.91. The van der Waals surface area contributed by atoms with Gasteiger partial charge in [0.2, 0.25) is 5.13 Å². The van der Waals surface area contributed by atoms with Crippen molar-refractivity contribution in [2.45, 2.75) is 12.8 Å². The van der Waals surface area contributed by atoms with Gasteiger partial charge in [-0.1, -0.05) is 29.5 Å². The van der Waals surface area contributed by atoms with Crippen LogP contribution in [-0.4, -0.2) is 23.2 Å². The lowest BCUT2D eigenvalue weighted by Crippen LogP contribution is -2.02. The minimum Gasteiger partial charge on any atom is -0.497 e. The van der Waals surface area contributed by atoms with E-state index in [9.17, 15) is 10.1 Å². The molecule has 4 rings (SSSR count). The van der Waals surface area contributed by atoms with Crippen molar-refractivity contribution in [1.29, 1.82) is 0 Å². The monoisotopic (exact) mass is 365 g/mol. The van der Waals surface area contributed by atoms with Gasteiger partial charge in [-0.3, -0.25) is 10.1 Å². The number of aromatic nitrogens is 1. The van der Waals surface area contributed by atoms with Gasteiger partial charge in [-0.2, -0.15) is 0 Å². The normalized spacial score (nSPS) is 12.7. The first kappa shape index (κ1) is 16.4. The number of aliphatic imine (C=N–C) groups is 1. The van der Waals surface area contributed by atoms with Crippen LogP contribution in [-0.2, 0) is 12.8 Å². The maximum Gasteiger partial charge on any atom is 0.270 e. The van der Waals surface area contributed by atoms with Crippen LogP contribution < -0.4 is 4.74 Å². The van der Waals surface area contributed by atoms with Gasteiger partial charge in [-0.25, -0.2) is 9.98 Å². The molecule has 0 amide bonds. The highest BCUT2D eigenvalue weighted by Crippen LogP contribution is 2.40. The van der Waals surface area contributed by atoms with Crippen LogP contribution >= 0.6 is 11.3 Å². The summed E-state index contributed by atoms with van der Waals surface area (Å²) in [5.74, 6) is 0.811. The standard InChI is InChI=1S/C19H15N3O3S/c1-25-15-7-5-13-6-8-17-18(16(13)10-15)21-19(26-17)20-11-12-3-2-4-14(9-12)22(23)24/h2-5,7,9-11H,6,8H2,1H3. The lowest BCUT2D eigenvalue weighted by Gasteiger charge is -2.15. The summed E-state index contributed by atoms with van der Waals surface area (Å²) in [6.07, 6.45) is 3.53. The number of hydrogen-bond donors (Lipinski definition) is 0. The number of thiazole rings is 1. The molecule has 0 N–H and O–H groups in total. The molecule has 0 spiro atoms. The number of methoxy groups -OCH3 is 1. The van der Waals surface area contributed by atoms with E-state index in [0.29, 0.717) is 10.7 Å². The second kappa shape index (κ2) is 6.68. The minimum absolute atomic E-state index is 0.0494. The van der Waals surface area contributed by atoms with Gasteiger partial charge in [-0.15, -0.1) is 0 Å². The van der Waals surface area contributed by atoms with E-state index >= 15 is 0 Å². The van der Waals surface area contributed by atoms with Gasteiger partial charge in [0.05, 0.1) is 17.7 Å². The highest BCUT2D eigenvalue weighted by Gasteiger charge is 2.21. The van der Waals surface area contributed by atoms with Crippen molar-refractivity contribution in [2.24, 2.45) is 4.99 Å². The topological polar surface area (TPSA) is 77.6 Å². The molecule has 0 bridgehead atoms. The lowest BCUT2D eigenvalue weighted by atomic mass is 9.93. The van der Waals surface area contributed by atoms with Crippen molar-refractivity contribution in [3.05, 3.63) is 68.6 Å². The zero-order chi connectivity index (χ0) is 18.1. The Bertz CT molecular complexity index is 1030. The van der Waals surface area contributed by atoms with E-state index in [1.54, 1.807) is 36.8 Å². The van der Waals surface area contributed by atoms with Gasteiger partial charge < -0.3 is 4.74 Å². The van der Waals surface area contributed by atoms with E-state index in [2.05, 4.69) is 16.0 Å². The van der Waals surface area contributed by atoms with Crippen molar-refractivity contribution < 1.29 is 9.66 Å². The van der Waals surface area contributed by atoms with E-state index in [-0.39, 0.29) is 5.69 Å². The van der Waals surface area contributed by atoms with Crippen LogP contribution in [0.3, 0.4) is 0 Å². The molecule has 26 heavy (non-hydrogen) atoms. The molecule has 3 aromatic rings. The van der Waals surface area contributed by atoms with Crippen LogP contribution in [0.4, 0.5) is 10.8 Å². The average Bonchev–Trinajstić information content (AvgIpc) is 3.10. The van der Waals surface area contributed by atoms with E-state index in [1.807, 2.05) is 12.1 Å². The second-order valence-electron chi connectivity index (χ2n) is 5.90. The van der Waals surface area contributed by atoms with Crippen LogP contribution in [0.15, 0.2) is 47.5 Å². The summed E-state index contributed by atoms with van der Waals surface area (Å²) in [6.45, 7) is 0. The van der Waals surface area contributed by atoms with Crippen LogP contribution in [0.2, 0.25) is 0 Å². The van der Waals surface area contributed by atoms with Crippen LogP contribution in [0.25, 0.3) is 11.3 Å². The number of hydrogen-bond acceptors (Lipinski definition) is 6.